The number of nitrogens with one attached hydrogen (secondary N) is 1. The molecule has 0 bridgehead atoms. The minimum absolute atomic E-state index is 0.0728. The number of anilines is 1. The molecule has 1 aromatic heterocycles. The molecule has 2 rings (SSSR count). The molecular weight excluding hydrogens is 304 g/mol. The van der Waals surface area contributed by atoms with Crippen LogP contribution in [0.15, 0.2) is 12.4 Å². The second-order valence-electron chi connectivity index (χ2n) is 5.71. The molecule has 0 aromatic carbocycles. The van der Waals surface area contributed by atoms with Crippen LogP contribution >= 0.6 is 0 Å². The van der Waals surface area contributed by atoms with Crippen LogP contribution in [0.3, 0.4) is 0 Å². The van der Waals surface area contributed by atoms with E-state index in [0.717, 1.165) is 6.42 Å². The summed E-state index contributed by atoms with van der Waals surface area (Å²) >= 11 is 0. The van der Waals surface area contributed by atoms with Crippen molar-refractivity contribution in [1.82, 2.24) is 15.3 Å². The minimum Gasteiger partial charge on any atom is -0.356 e. The Balaban J connectivity index is 2.13. The van der Waals surface area contributed by atoms with E-state index in [-0.39, 0.29) is 35.2 Å². The molecular formula is C14H22N4O3S. The number of aromatic nitrogens is 2. The van der Waals surface area contributed by atoms with Gasteiger partial charge in [0.1, 0.15) is 17.8 Å². The van der Waals surface area contributed by atoms with Crippen molar-refractivity contribution >= 4 is 21.6 Å². The molecule has 7 nitrogen and oxygen atoms in total. The largest absolute Gasteiger partial charge is 0.356 e. The van der Waals surface area contributed by atoms with Crippen molar-refractivity contribution in [2.45, 2.75) is 38.8 Å². The topological polar surface area (TPSA) is 92.3 Å². The average Bonchev–Trinajstić information content (AvgIpc) is 2.86. The molecule has 1 N–H and O–H groups in total. The molecule has 1 amide bonds. The Labute approximate surface area is 131 Å². The Morgan fingerprint density at radius 2 is 2.23 bits per heavy atom. The molecule has 1 aliphatic rings. The van der Waals surface area contributed by atoms with E-state index in [4.69, 9.17) is 0 Å². The van der Waals surface area contributed by atoms with Gasteiger partial charge in [-0.3, -0.25) is 4.79 Å². The van der Waals surface area contributed by atoms with Crippen molar-refractivity contribution in [3.63, 3.8) is 0 Å². The molecule has 2 atom stereocenters. The van der Waals surface area contributed by atoms with Crippen LogP contribution < -0.4 is 10.2 Å². The molecule has 1 aromatic rings. The first kappa shape index (κ1) is 16.7. The lowest BCUT2D eigenvalue weighted by Crippen LogP contribution is -2.35. The molecule has 122 valence electrons. The van der Waals surface area contributed by atoms with Crippen molar-refractivity contribution in [3.05, 3.63) is 18.1 Å². The van der Waals surface area contributed by atoms with E-state index in [1.807, 2.05) is 18.7 Å². The van der Waals surface area contributed by atoms with E-state index in [1.165, 1.54) is 6.33 Å². The highest BCUT2D eigenvalue weighted by Crippen LogP contribution is 2.21. The van der Waals surface area contributed by atoms with E-state index in [1.54, 1.807) is 13.1 Å². The van der Waals surface area contributed by atoms with Gasteiger partial charge in [0.2, 0.25) is 0 Å². The molecule has 1 saturated heterocycles. The number of rotatable bonds is 5. The normalized spacial score (nSPS) is 21.3. The standard InChI is InChI=1S/C14H22N4O3S/c1-4-10(2)17-14(19)12-7-13(16-9-15-12)18(3)11-5-6-22(20,21)8-11/h7,9-11H,4-6,8H2,1-3H3,(H,17,19). The van der Waals surface area contributed by atoms with E-state index >= 15 is 0 Å². The highest BCUT2D eigenvalue weighted by molar-refractivity contribution is 7.91. The number of carbonyl (C=O) groups is 1. The number of hydrogen-bond donors (Lipinski definition) is 1. The first-order valence-corrected chi connectivity index (χ1v) is 9.20. The maximum atomic E-state index is 12.1. The van der Waals surface area contributed by atoms with E-state index < -0.39 is 9.84 Å². The van der Waals surface area contributed by atoms with Gasteiger partial charge < -0.3 is 10.2 Å². The lowest BCUT2D eigenvalue weighted by Gasteiger charge is -2.24. The summed E-state index contributed by atoms with van der Waals surface area (Å²) in [5.41, 5.74) is 0.290. The van der Waals surface area contributed by atoms with Crippen LogP contribution in [0.5, 0.6) is 0 Å². The number of hydrogen-bond acceptors (Lipinski definition) is 6. The Morgan fingerprint density at radius 3 is 2.82 bits per heavy atom. The van der Waals surface area contributed by atoms with Crippen molar-refractivity contribution in [2.75, 3.05) is 23.5 Å². The summed E-state index contributed by atoms with van der Waals surface area (Å²) in [4.78, 5) is 22.1. The quantitative estimate of drug-likeness (QED) is 0.853. The Kier molecular flexibility index (Phi) is 5.00. The van der Waals surface area contributed by atoms with E-state index in [0.29, 0.717) is 12.2 Å². The van der Waals surface area contributed by atoms with Crippen LogP contribution in [0.1, 0.15) is 37.2 Å². The van der Waals surface area contributed by atoms with Crippen LogP contribution in [0.2, 0.25) is 0 Å². The van der Waals surface area contributed by atoms with E-state index in [2.05, 4.69) is 15.3 Å². The van der Waals surface area contributed by atoms with Crippen molar-refractivity contribution in [2.24, 2.45) is 0 Å². The zero-order valence-electron chi connectivity index (χ0n) is 13.1. The van der Waals surface area contributed by atoms with Gasteiger partial charge in [-0.25, -0.2) is 18.4 Å². The van der Waals surface area contributed by atoms with Gasteiger partial charge in [-0.05, 0) is 19.8 Å². The third kappa shape index (κ3) is 3.94. The Hall–Kier alpha value is -1.70. The number of amides is 1. The number of carbonyl (C=O) groups excluding carboxylic acids is 1. The van der Waals surface area contributed by atoms with Crippen molar-refractivity contribution < 1.29 is 13.2 Å². The molecule has 1 aliphatic heterocycles. The summed E-state index contributed by atoms with van der Waals surface area (Å²) < 4.78 is 23.2. The third-order valence-electron chi connectivity index (χ3n) is 3.99. The monoisotopic (exact) mass is 326 g/mol. The van der Waals surface area contributed by atoms with Gasteiger partial charge in [0, 0.05) is 25.2 Å². The van der Waals surface area contributed by atoms with Crippen LogP contribution in [-0.2, 0) is 9.84 Å². The first-order valence-electron chi connectivity index (χ1n) is 7.38. The average molecular weight is 326 g/mol. The van der Waals surface area contributed by atoms with Crippen LogP contribution in [0.4, 0.5) is 5.82 Å². The predicted molar refractivity (Wildman–Crippen MR) is 84.7 cm³/mol. The fraction of sp³-hybridized carbons (Fsp3) is 0.643. The molecule has 2 heterocycles. The van der Waals surface area contributed by atoms with Crippen molar-refractivity contribution in [3.8, 4) is 0 Å². The van der Waals surface area contributed by atoms with Gasteiger partial charge in [-0.1, -0.05) is 6.92 Å². The van der Waals surface area contributed by atoms with Gasteiger partial charge in [0.25, 0.3) is 5.91 Å². The molecule has 0 saturated carbocycles. The zero-order chi connectivity index (χ0) is 16.3. The summed E-state index contributed by atoms with van der Waals surface area (Å²) in [6.45, 7) is 3.92. The zero-order valence-corrected chi connectivity index (χ0v) is 13.9. The van der Waals surface area contributed by atoms with Gasteiger partial charge in [-0.15, -0.1) is 0 Å². The lowest BCUT2D eigenvalue weighted by molar-refractivity contribution is 0.0934. The molecule has 8 heteroatoms. The smallest absolute Gasteiger partial charge is 0.270 e. The highest BCUT2D eigenvalue weighted by atomic mass is 32.2. The molecule has 2 unspecified atom stereocenters. The minimum atomic E-state index is -2.96. The molecule has 1 fully saturated rings. The maximum Gasteiger partial charge on any atom is 0.270 e. The SMILES string of the molecule is CCC(C)NC(=O)c1cc(N(C)C2CCS(=O)(=O)C2)ncn1. The summed E-state index contributed by atoms with van der Waals surface area (Å²) in [6, 6.07) is 1.57. The summed E-state index contributed by atoms with van der Waals surface area (Å²) in [5, 5.41) is 2.85. The highest BCUT2D eigenvalue weighted by Gasteiger charge is 2.31. The Morgan fingerprint density at radius 1 is 1.50 bits per heavy atom. The summed E-state index contributed by atoms with van der Waals surface area (Å²) in [6.07, 6.45) is 2.75. The third-order valence-corrected chi connectivity index (χ3v) is 5.74. The maximum absolute atomic E-state index is 12.1. The predicted octanol–water partition coefficient (Wildman–Crippen LogP) is 0.628. The molecule has 0 spiro atoms. The molecule has 0 radical (unpaired) electrons. The number of sulfone groups is 1. The van der Waals surface area contributed by atoms with Gasteiger partial charge in [0.05, 0.1) is 11.5 Å². The van der Waals surface area contributed by atoms with Gasteiger partial charge in [-0.2, -0.15) is 0 Å². The van der Waals surface area contributed by atoms with E-state index in [9.17, 15) is 13.2 Å². The van der Waals surface area contributed by atoms with Crippen LogP contribution in [0, 0.1) is 0 Å². The van der Waals surface area contributed by atoms with Crippen LogP contribution in [-0.4, -0.2) is 54.9 Å². The van der Waals surface area contributed by atoms with Crippen LogP contribution in [0.25, 0.3) is 0 Å². The fourth-order valence-corrected chi connectivity index (χ4v) is 4.11. The van der Waals surface area contributed by atoms with Crippen molar-refractivity contribution in [1.29, 1.82) is 0 Å². The summed E-state index contributed by atoms with van der Waals surface area (Å²) in [7, 11) is -1.16. The first-order chi connectivity index (χ1) is 10.3. The molecule has 0 aliphatic carbocycles. The van der Waals surface area contributed by atoms with Gasteiger partial charge in [0.15, 0.2) is 9.84 Å². The van der Waals surface area contributed by atoms with Gasteiger partial charge >= 0.3 is 0 Å². The number of nitrogens with zero attached hydrogens (tertiary/aromatic N) is 3. The second kappa shape index (κ2) is 6.60. The lowest BCUT2D eigenvalue weighted by atomic mass is 10.2. The summed E-state index contributed by atoms with van der Waals surface area (Å²) in [5.74, 6) is 0.646. The second-order valence-corrected chi connectivity index (χ2v) is 7.94. The fourth-order valence-electron chi connectivity index (χ4n) is 2.33. The molecule has 22 heavy (non-hydrogen) atoms. The Bertz CT molecular complexity index is 647.